The predicted molar refractivity (Wildman–Crippen MR) is 113 cm³/mol. The second-order valence-electron chi connectivity index (χ2n) is 8.73. The van der Waals surface area contributed by atoms with E-state index >= 15 is 0 Å². The quantitative estimate of drug-likeness (QED) is 0.751. The minimum Gasteiger partial charge on any atom is -0.444 e. The summed E-state index contributed by atoms with van der Waals surface area (Å²) in [5.74, 6) is 0.908. The van der Waals surface area contributed by atoms with E-state index in [-0.39, 0.29) is 12.1 Å². The molecule has 4 heterocycles. The minimum absolute atomic E-state index is 0.264. The van der Waals surface area contributed by atoms with Gasteiger partial charge in [0.2, 0.25) is 0 Å². The zero-order chi connectivity index (χ0) is 20.6. The minimum atomic E-state index is -0.488. The third-order valence-electron chi connectivity index (χ3n) is 5.32. The van der Waals surface area contributed by atoms with Crippen molar-refractivity contribution in [1.29, 1.82) is 0 Å². The van der Waals surface area contributed by atoms with Gasteiger partial charge >= 0.3 is 6.09 Å². The first-order valence-electron chi connectivity index (χ1n) is 10.3. The summed E-state index contributed by atoms with van der Waals surface area (Å²) in [5.41, 5.74) is 1.27. The Labute approximate surface area is 176 Å². The maximum absolute atomic E-state index is 12.3. The number of rotatable bonds is 2. The first-order valence-corrected chi connectivity index (χ1v) is 10.7. The van der Waals surface area contributed by atoms with Gasteiger partial charge in [-0.05, 0) is 40.2 Å². The molecular formula is C20H29ClN6O2. The van der Waals surface area contributed by atoms with E-state index in [0.29, 0.717) is 31.3 Å². The highest BCUT2D eigenvalue weighted by molar-refractivity contribution is 6.29. The zero-order valence-electron chi connectivity index (χ0n) is 17.3. The number of anilines is 1. The van der Waals surface area contributed by atoms with E-state index in [0.717, 1.165) is 30.1 Å². The number of nitrogens with zero attached hydrogens (tertiary/aromatic N) is 5. The molecule has 9 heteroatoms. The molecule has 1 unspecified atom stereocenters. The first kappa shape index (κ1) is 20.2. The van der Waals surface area contributed by atoms with E-state index in [4.69, 9.17) is 21.4 Å². The lowest BCUT2D eigenvalue weighted by atomic mass is 10.0. The maximum Gasteiger partial charge on any atom is 0.410 e. The van der Waals surface area contributed by atoms with Crippen molar-refractivity contribution in [3.05, 3.63) is 23.0 Å². The van der Waals surface area contributed by atoms with Gasteiger partial charge in [0.1, 0.15) is 16.6 Å². The second kappa shape index (κ2) is 7.99. The third-order valence-corrected chi connectivity index (χ3v) is 5.51. The Morgan fingerprint density at radius 2 is 1.97 bits per heavy atom. The third kappa shape index (κ3) is 4.59. The number of ether oxygens (including phenoxy) is 1. The van der Waals surface area contributed by atoms with Crippen LogP contribution >= 0.6 is 11.6 Å². The van der Waals surface area contributed by atoms with Crippen LogP contribution in [0.2, 0.25) is 5.15 Å². The highest BCUT2D eigenvalue weighted by Gasteiger charge is 2.27. The van der Waals surface area contributed by atoms with Crippen LogP contribution in [0.3, 0.4) is 0 Å². The van der Waals surface area contributed by atoms with Crippen molar-refractivity contribution in [1.82, 2.24) is 24.8 Å². The lowest BCUT2D eigenvalue weighted by Crippen LogP contribution is -2.50. The van der Waals surface area contributed by atoms with Crippen molar-refractivity contribution >= 4 is 29.2 Å². The van der Waals surface area contributed by atoms with Crippen molar-refractivity contribution in [3.63, 3.8) is 0 Å². The van der Waals surface area contributed by atoms with Gasteiger partial charge in [0.05, 0.1) is 11.7 Å². The van der Waals surface area contributed by atoms with E-state index in [9.17, 15) is 4.79 Å². The number of fused-ring (bicyclic) bond motifs is 1. The number of amides is 1. The van der Waals surface area contributed by atoms with Gasteiger partial charge < -0.3 is 19.9 Å². The van der Waals surface area contributed by atoms with E-state index in [1.165, 1.54) is 12.8 Å². The van der Waals surface area contributed by atoms with Crippen molar-refractivity contribution < 1.29 is 9.53 Å². The van der Waals surface area contributed by atoms with Crippen LogP contribution in [-0.4, -0.2) is 63.9 Å². The molecule has 4 rings (SSSR count). The van der Waals surface area contributed by atoms with Crippen LogP contribution in [-0.2, 0) is 4.74 Å². The Morgan fingerprint density at radius 3 is 2.62 bits per heavy atom. The number of aromatic nitrogens is 3. The number of hydrogen-bond acceptors (Lipinski definition) is 6. The summed E-state index contributed by atoms with van der Waals surface area (Å²) in [6.07, 6.45) is 3.24. The highest BCUT2D eigenvalue weighted by Crippen LogP contribution is 2.27. The molecule has 1 N–H and O–H groups in total. The number of carbonyl (C=O) groups excluding carboxylic acids is 1. The molecule has 0 spiro atoms. The molecule has 2 saturated heterocycles. The Kier molecular flexibility index (Phi) is 5.57. The topological polar surface area (TPSA) is 75.0 Å². The number of nitrogens with one attached hydrogen (secondary N) is 1. The number of carbonyl (C=O) groups is 1. The van der Waals surface area contributed by atoms with Gasteiger partial charge in [-0.2, -0.15) is 9.61 Å². The molecule has 2 aliphatic heterocycles. The molecule has 0 aromatic carbocycles. The maximum atomic E-state index is 12.3. The molecule has 158 valence electrons. The first-order chi connectivity index (χ1) is 13.8. The monoisotopic (exact) mass is 420 g/mol. The normalized spacial score (nSPS) is 20.9. The molecular weight excluding hydrogens is 392 g/mol. The van der Waals surface area contributed by atoms with E-state index in [1.54, 1.807) is 4.90 Å². The predicted octanol–water partition coefficient (Wildman–Crippen LogP) is 3.25. The molecule has 0 saturated carbocycles. The summed E-state index contributed by atoms with van der Waals surface area (Å²) in [7, 11) is 0. The van der Waals surface area contributed by atoms with Gasteiger partial charge in [0.25, 0.3) is 0 Å². The van der Waals surface area contributed by atoms with Crippen LogP contribution in [0, 0.1) is 0 Å². The van der Waals surface area contributed by atoms with E-state index < -0.39 is 5.60 Å². The van der Waals surface area contributed by atoms with Crippen molar-refractivity contribution in [2.45, 2.75) is 51.7 Å². The van der Waals surface area contributed by atoms with E-state index in [1.807, 2.05) is 37.4 Å². The Bertz CT molecular complexity index is 879. The molecule has 0 aliphatic carbocycles. The summed E-state index contributed by atoms with van der Waals surface area (Å²) in [5, 5.41) is 8.83. The molecule has 2 aliphatic rings. The molecule has 0 bridgehead atoms. The molecule has 2 aromatic heterocycles. The summed E-state index contributed by atoms with van der Waals surface area (Å²) >= 11 is 6.31. The Hall–Kier alpha value is -2.06. The van der Waals surface area contributed by atoms with Gasteiger partial charge in [0.15, 0.2) is 5.65 Å². The van der Waals surface area contributed by atoms with E-state index in [2.05, 4.69) is 15.2 Å². The molecule has 29 heavy (non-hydrogen) atoms. The lowest BCUT2D eigenvalue weighted by molar-refractivity contribution is 0.0240. The van der Waals surface area contributed by atoms with Crippen LogP contribution < -0.4 is 10.2 Å². The summed E-state index contributed by atoms with van der Waals surface area (Å²) in [4.78, 5) is 20.7. The number of piperazine rings is 1. The van der Waals surface area contributed by atoms with Crippen LogP contribution in [0.4, 0.5) is 10.6 Å². The Balaban J connectivity index is 1.52. The van der Waals surface area contributed by atoms with Crippen molar-refractivity contribution in [3.8, 4) is 0 Å². The molecule has 8 nitrogen and oxygen atoms in total. The molecule has 2 fully saturated rings. The second-order valence-corrected chi connectivity index (χ2v) is 9.12. The molecule has 2 aromatic rings. The van der Waals surface area contributed by atoms with Gasteiger partial charge in [0, 0.05) is 38.3 Å². The largest absolute Gasteiger partial charge is 0.444 e. The molecule has 1 amide bonds. The van der Waals surface area contributed by atoms with Crippen molar-refractivity contribution in [2.75, 3.05) is 37.6 Å². The standard InChI is InChI=1S/C20H29ClN6O2/c1-20(2,3)29-19(28)26-10-8-25(9-11-26)18-13-16(21)23-17-12-15(24-27(17)18)14-6-4-5-7-22-14/h12-14,22H,4-11H2,1-3H3. The SMILES string of the molecule is CC(C)(C)OC(=O)N1CCN(c2cc(Cl)nc3cc(C4CCCCN4)nn23)CC1. The van der Waals surface area contributed by atoms with Gasteiger partial charge in [-0.3, -0.25) is 0 Å². The van der Waals surface area contributed by atoms with Crippen LogP contribution in [0.25, 0.3) is 5.65 Å². The fraction of sp³-hybridized carbons (Fsp3) is 0.650. The number of piperidine rings is 1. The fourth-order valence-electron chi connectivity index (χ4n) is 3.89. The zero-order valence-corrected chi connectivity index (χ0v) is 18.1. The smallest absolute Gasteiger partial charge is 0.410 e. The van der Waals surface area contributed by atoms with Gasteiger partial charge in [-0.25, -0.2) is 9.78 Å². The Morgan fingerprint density at radius 1 is 1.21 bits per heavy atom. The van der Waals surface area contributed by atoms with Crippen molar-refractivity contribution in [2.24, 2.45) is 0 Å². The van der Waals surface area contributed by atoms with Crippen LogP contribution in [0.1, 0.15) is 51.8 Å². The summed E-state index contributed by atoms with van der Waals surface area (Å²) in [6, 6.07) is 4.14. The summed E-state index contributed by atoms with van der Waals surface area (Å²) < 4.78 is 7.37. The molecule has 1 atom stereocenters. The lowest BCUT2D eigenvalue weighted by Gasteiger charge is -2.36. The highest BCUT2D eigenvalue weighted by atomic mass is 35.5. The number of hydrogen-bond donors (Lipinski definition) is 1. The average molecular weight is 421 g/mol. The van der Waals surface area contributed by atoms with Crippen LogP contribution in [0.5, 0.6) is 0 Å². The molecule has 0 radical (unpaired) electrons. The summed E-state index contributed by atoms with van der Waals surface area (Å²) in [6.45, 7) is 9.22. The number of halogens is 1. The van der Waals surface area contributed by atoms with Crippen LogP contribution in [0.15, 0.2) is 12.1 Å². The fourth-order valence-corrected chi connectivity index (χ4v) is 4.08. The van der Waals surface area contributed by atoms with Gasteiger partial charge in [-0.1, -0.05) is 18.0 Å². The van der Waals surface area contributed by atoms with Gasteiger partial charge in [-0.15, -0.1) is 0 Å². The average Bonchev–Trinajstić information content (AvgIpc) is 3.11.